The van der Waals surface area contributed by atoms with Gasteiger partial charge in [0.1, 0.15) is 0 Å². The SMILES string of the molecule is [CH]C1(O)CC2CCC1C2. The van der Waals surface area contributed by atoms with Crippen molar-refractivity contribution in [1.29, 1.82) is 0 Å². The van der Waals surface area contributed by atoms with E-state index in [0.717, 1.165) is 18.8 Å². The Balaban J connectivity index is 2.18. The minimum Gasteiger partial charge on any atom is -0.389 e. The van der Waals surface area contributed by atoms with Crippen LogP contribution in [-0.4, -0.2) is 10.7 Å². The van der Waals surface area contributed by atoms with E-state index in [1.807, 2.05) is 0 Å². The van der Waals surface area contributed by atoms with E-state index >= 15 is 0 Å². The summed E-state index contributed by atoms with van der Waals surface area (Å²) in [6.07, 6.45) is 4.46. The van der Waals surface area contributed by atoms with Gasteiger partial charge in [-0.25, -0.2) is 0 Å². The topological polar surface area (TPSA) is 20.2 Å². The Morgan fingerprint density at radius 3 is 2.44 bits per heavy atom. The third-order valence-corrected chi connectivity index (χ3v) is 2.86. The third kappa shape index (κ3) is 0.710. The fraction of sp³-hybridized carbons (Fsp3) is 0.875. The predicted octanol–water partition coefficient (Wildman–Crippen LogP) is 1.25. The van der Waals surface area contributed by atoms with Crippen LogP contribution in [0.1, 0.15) is 25.7 Å². The molecule has 2 rings (SSSR count). The Morgan fingerprint density at radius 2 is 2.22 bits per heavy atom. The van der Waals surface area contributed by atoms with Gasteiger partial charge in [0.15, 0.2) is 0 Å². The zero-order valence-electron chi connectivity index (χ0n) is 5.51. The molecule has 2 radical (unpaired) electrons. The monoisotopic (exact) mass is 124 g/mol. The maximum absolute atomic E-state index is 9.46. The first kappa shape index (κ1) is 5.72. The van der Waals surface area contributed by atoms with Crippen LogP contribution in [0.3, 0.4) is 0 Å². The van der Waals surface area contributed by atoms with E-state index in [2.05, 4.69) is 0 Å². The van der Waals surface area contributed by atoms with Crippen LogP contribution in [-0.2, 0) is 0 Å². The summed E-state index contributed by atoms with van der Waals surface area (Å²) in [5, 5.41) is 9.46. The predicted molar refractivity (Wildman–Crippen MR) is 34.7 cm³/mol. The summed E-state index contributed by atoms with van der Waals surface area (Å²) in [6.45, 7) is 5.62. The Bertz CT molecular complexity index is 129. The molecule has 0 aromatic rings. The molecule has 0 aromatic heterocycles. The molecule has 2 aliphatic rings. The first-order chi connectivity index (χ1) is 4.18. The van der Waals surface area contributed by atoms with Crippen molar-refractivity contribution in [1.82, 2.24) is 0 Å². The number of hydrogen-bond donors (Lipinski definition) is 1. The van der Waals surface area contributed by atoms with Gasteiger partial charge in [-0.2, -0.15) is 0 Å². The molecule has 2 fully saturated rings. The highest BCUT2D eigenvalue weighted by atomic mass is 16.3. The fourth-order valence-corrected chi connectivity index (χ4v) is 2.34. The van der Waals surface area contributed by atoms with E-state index in [0.29, 0.717) is 5.92 Å². The molecule has 2 aliphatic carbocycles. The molecule has 0 amide bonds. The zero-order chi connectivity index (χ0) is 6.48. The molecule has 0 spiro atoms. The molecular formula is C8H12O. The van der Waals surface area contributed by atoms with Crippen LogP contribution in [0.15, 0.2) is 0 Å². The maximum atomic E-state index is 9.46. The van der Waals surface area contributed by atoms with Gasteiger partial charge >= 0.3 is 0 Å². The summed E-state index contributed by atoms with van der Waals surface area (Å²) in [5.41, 5.74) is -0.789. The van der Waals surface area contributed by atoms with Gasteiger partial charge in [0.25, 0.3) is 0 Å². The number of hydrogen-bond acceptors (Lipinski definition) is 1. The van der Waals surface area contributed by atoms with Gasteiger partial charge in [-0.1, -0.05) is 0 Å². The number of rotatable bonds is 0. The van der Waals surface area contributed by atoms with E-state index < -0.39 is 5.60 Å². The first-order valence-electron chi connectivity index (χ1n) is 3.70. The molecule has 0 aromatic carbocycles. The molecule has 1 nitrogen and oxygen atoms in total. The van der Waals surface area contributed by atoms with E-state index in [-0.39, 0.29) is 0 Å². The lowest BCUT2D eigenvalue weighted by Crippen LogP contribution is -2.31. The van der Waals surface area contributed by atoms with Crippen LogP contribution in [0.4, 0.5) is 0 Å². The van der Waals surface area contributed by atoms with Crippen molar-refractivity contribution >= 4 is 0 Å². The molecule has 0 heterocycles. The van der Waals surface area contributed by atoms with Gasteiger partial charge in [-0.15, -0.1) is 0 Å². The number of fused-ring (bicyclic) bond motifs is 2. The van der Waals surface area contributed by atoms with E-state index in [4.69, 9.17) is 6.92 Å². The summed E-state index contributed by atoms with van der Waals surface area (Å²) in [7, 11) is 0. The van der Waals surface area contributed by atoms with Crippen molar-refractivity contribution in [3.63, 3.8) is 0 Å². The molecule has 50 valence electrons. The molecular weight excluding hydrogens is 112 g/mol. The molecule has 3 atom stereocenters. The van der Waals surface area contributed by atoms with Crippen molar-refractivity contribution in [3.05, 3.63) is 6.92 Å². The van der Waals surface area contributed by atoms with Crippen molar-refractivity contribution in [2.24, 2.45) is 11.8 Å². The van der Waals surface area contributed by atoms with E-state index in [1.54, 1.807) is 0 Å². The van der Waals surface area contributed by atoms with Gasteiger partial charge in [0, 0.05) is 0 Å². The highest BCUT2D eigenvalue weighted by molar-refractivity contribution is 5.02. The maximum Gasteiger partial charge on any atom is 0.0714 e. The largest absolute Gasteiger partial charge is 0.389 e. The lowest BCUT2D eigenvalue weighted by molar-refractivity contribution is 0.0312. The number of aliphatic hydroxyl groups is 1. The molecule has 0 aliphatic heterocycles. The second kappa shape index (κ2) is 1.51. The van der Waals surface area contributed by atoms with Crippen LogP contribution >= 0.6 is 0 Å². The van der Waals surface area contributed by atoms with Crippen molar-refractivity contribution in [3.8, 4) is 0 Å². The standard InChI is InChI=1S/C8H12O/c1-8(9)5-6-2-3-7(8)4-6/h1,6-7,9H,2-5H2. The van der Waals surface area contributed by atoms with Gasteiger partial charge in [-0.3, -0.25) is 0 Å². The summed E-state index contributed by atoms with van der Waals surface area (Å²) in [6, 6.07) is 0. The Morgan fingerprint density at radius 1 is 1.44 bits per heavy atom. The molecule has 0 saturated heterocycles. The Kier molecular flexibility index (Phi) is 0.963. The molecule has 9 heavy (non-hydrogen) atoms. The average Bonchev–Trinajstić information content (AvgIpc) is 2.19. The summed E-state index contributed by atoms with van der Waals surface area (Å²) >= 11 is 0. The van der Waals surface area contributed by atoms with Gasteiger partial charge in [-0.05, 0) is 44.4 Å². The van der Waals surface area contributed by atoms with Crippen LogP contribution in [0.25, 0.3) is 0 Å². The van der Waals surface area contributed by atoms with Gasteiger partial charge in [0.05, 0.1) is 5.60 Å². The van der Waals surface area contributed by atoms with E-state index in [9.17, 15) is 5.11 Å². The lowest BCUT2D eigenvalue weighted by atomic mass is 9.86. The lowest BCUT2D eigenvalue weighted by Gasteiger charge is -2.27. The highest BCUT2D eigenvalue weighted by Crippen LogP contribution is 2.50. The smallest absolute Gasteiger partial charge is 0.0714 e. The third-order valence-electron chi connectivity index (χ3n) is 2.86. The molecule has 3 unspecified atom stereocenters. The van der Waals surface area contributed by atoms with Crippen LogP contribution < -0.4 is 0 Å². The minimum absolute atomic E-state index is 0.419. The van der Waals surface area contributed by atoms with Crippen molar-refractivity contribution in [2.45, 2.75) is 31.3 Å². The summed E-state index contributed by atoms with van der Waals surface area (Å²) in [5.74, 6) is 1.16. The first-order valence-corrected chi connectivity index (χ1v) is 3.70. The average molecular weight is 124 g/mol. The minimum atomic E-state index is -0.789. The van der Waals surface area contributed by atoms with Crippen LogP contribution in [0.5, 0.6) is 0 Å². The Labute approximate surface area is 56.1 Å². The summed E-state index contributed by atoms with van der Waals surface area (Å²) in [4.78, 5) is 0. The Hall–Kier alpha value is -0.0400. The van der Waals surface area contributed by atoms with Crippen LogP contribution in [0, 0.1) is 18.8 Å². The van der Waals surface area contributed by atoms with Gasteiger partial charge in [0.2, 0.25) is 0 Å². The normalized spacial score (nSPS) is 56.7. The summed E-state index contributed by atoms with van der Waals surface area (Å²) < 4.78 is 0. The molecule has 1 N–H and O–H groups in total. The second-order valence-corrected chi connectivity index (χ2v) is 3.57. The van der Waals surface area contributed by atoms with Gasteiger partial charge < -0.3 is 5.11 Å². The quantitative estimate of drug-likeness (QED) is 0.515. The molecule has 1 heteroatoms. The van der Waals surface area contributed by atoms with E-state index in [1.165, 1.54) is 12.8 Å². The van der Waals surface area contributed by atoms with Crippen LogP contribution in [0.2, 0.25) is 0 Å². The van der Waals surface area contributed by atoms with Crippen molar-refractivity contribution < 1.29 is 5.11 Å². The fourth-order valence-electron chi connectivity index (χ4n) is 2.34. The zero-order valence-corrected chi connectivity index (χ0v) is 5.51. The highest BCUT2D eigenvalue weighted by Gasteiger charge is 2.46. The van der Waals surface area contributed by atoms with Crippen molar-refractivity contribution in [2.75, 3.05) is 0 Å². The second-order valence-electron chi connectivity index (χ2n) is 3.57. The molecule has 2 saturated carbocycles. The molecule has 2 bridgehead atoms.